The summed E-state index contributed by atoms with van der Waals surface area (Å²) in [5, 5.41) is 0. The van der Waals surface area contributed by atoms with Crippen LogP contribution in [-0.4, -0.2) is 26.4 Å². The maximum atomic E-state index is 4.99. The van der Waals surface area contributed by atoms with Crippen molar-refractivity contribution in [1.29, 1.82) is 0 Å². The van der Waals surface area contributed by atoms with Gasteiger partial charge in [-0.05, 0) is 50.3 Å². The molecule has 1 fully saturated rings. The van der Waals surface area contributed by atoms with Crippen LogP contribution < -0.4 is 0 Å². The van der Waals surface area contributed by atoms with E-state index in [0.29, 0.717) is 5.92 Å². The monoisotopic (exact) mass is 324 g/mol. The minimum absolute atomic E-state index is 0.590. The summed E-state index contributed by atoms with van der Waals surface area (Å²) in [6.45, 7) is 7.36. The van der Waals surface area contributed by atoms with Gasteiger partial charge >= 0.3 is 0 Å². The summed E-state index contributed by atoms with van der Waals surface area (Å²) < 4.78 is 0. The van der Waals surface area contributed by atoms with Crippen molar-refractivity contribution < 1.29 is 0 Å². The van der Waals surface area contributed by atoms with E-state index in [9.17, 15) is 0 Å². The molecule has 0 spiro atoms. The fraction of sp³-hybridized carbons (Fsp3) is 0.600. The molecule has 1 saturated carbocycles. The maximum absolute atomic E-state index is 4.99. The SMILES string of the molecule is Cc1cc(C)c(CN2CCc3cnc(C4CCCCC4)nc3C2)[nH]1. The molecule has 0 amide bonds. The second-order valence-corrected chi connectivity index (χ2v) is 7.61. The van der Waals surface area contributed by atoms with Crippen molar-refractivity contribution in [2.24, 2.45) is 0 Å². The Balaban J connectivity index is 1.49. The number of aromatic nitrogens is 3. The first-order valence-corrected chi connectivity index (χ1v) is 9.41. The lowest BCUT2D eigenvalue weighted by Gasteiger charge is -2.29. The van der Waals surface area contributed by atoms with E-state index in [0.717, 1.165) is 31.9 Å². The molecule has 24 heavy (non-hydrogen) atoms. The Labute approximate surface area is 144 Å². The van der Waals surface area contributed by atoms with E-state index < -0.39 is 0 Å². The highest BCUT2D eigenvalue weighted by Gasteiger charge is 2.23. The van der Waals surface area contributed by atoms with E-state index in [1.54, 1.807) is 0 Å². The minimum atomic E-state index is 0.590. The number of aryl methyl sites for hydroxylation is 2. The van der Waals surface area contributed by atoms with Gasteiger partial charge in [0, 0.05) is 43.1 Å². The molecule has 0 unspecified atom stereocenters. The highest BCUT2D eigenvalue weighted by Crippen LogP contribution is 2.31. The number of hydrogen-bond donors (Lipinski definition) is 1. The third-order valence-electron chi connectivity index (χ3n) is 5.65. The molecule has 1 aliphatic carbocycles. The average Bonchev–Trinajstić information content (AvgIpc) is 2.92. The molecule has 1 N–H and O–H groups in total. The lowest BCUT2D eigenvalue weighted by atomic mass is 9.88. The predicted octanol–water partition coefficient (Wildman–Crippen LogP) is 4.03. The van der Waals surface area contributed by atoms with Crippen LogP contribution >= 0.6 is 0 Å². The van der Waals surface area contributed by atoms with Crippen LogP contribution in [0.2, 0.25) is 0 Å². The number of nitrogens with one attached hydrogen (secondary N) is 1. The maximum Gasteiger partial charge on any atom is 0.131 e. The first kappa shape index (κ1) is 15.8. The van der Waals surface area contributed by atoms with Crippen molar-refractivity contribution in [2.75, 3.05) is 6.54 Å². The van der Waals surface area contributed by atoms with Crippen molar-refractivity contribution in [3.05, 3.63) is 46.3 Å². The number of H-pyrrole nitrogens is 1. The quantitative estimate of drug-likeness (QED) is 0.927. The zero-order valence-electron chi connectivity index (χ0n) is 14.9. The van der Waals surface area contributed by atoms with E-state index in [4.69, 9.17) is 9.97 Å². The van der Waals surface area contributed by atoms with Crippen molar-refractivity contribution in [1.82, 2.24) is 19.9 Å². The van der Waals surface area contributed by atoms with Gasteiger partial charge in [0.15, 0.2) is 0 Å². The molecule has 3 heterocycles. The van der Waals surface area contributed by atoms with Crippen LogP contribution in [0.15, 0.2) is 12.3 Å². The average molecular weight is 324 g/mol. The first-order valence-electron chi connectivity index (χ1n) is 9.41. The third-order valence-corrected chi connectivity index (χ3v) is 5.65. The summed E-state index contributed by atoms with van der Waals surface area (Å²) >= 11 is 0. The van der Waals surface area contributed by atoms with Crippen LogP contribution in [0.5, 0.6) is 0 Å². The minimum Gasteiger partial charge on any atom is -0.361 e. The van der Waals surface area contributed by atoms with E-state index in [2.05, 4.69) is 36.0 Å². The number of nitrogens with zero attached hydrogens (tertiary/aromatic N) is 3. The molecule has 2 aromatic rings. The molecule has 128 valence electrons. The fourth-order valence-electron chi connectivity index (χ4n) is 4.24. The molecule has 0 aromatic carbocycles. The molecule has 4 heteroatoms. The van der Waals surface area contributed by atoms with Crippen LogP contribution in [0, 0.1) is 13.8 Å². The first-order chi connectivity index (χ1) is 11.7. The smallest absolute Gasteiger partial charge is 0.131 e. The summed E-state index contributed by atoms with van der Waals surface area (Å²) in [7, 11) is 0. The topological polar surface area (TPSA) is 44.8 Å². The normalized spacial score (nSPS) is 19.4. The molecule has 1 aliphatic heterocycles. The highest BCUT2D eigenvalue weighted by atomic mass is 15.1. The van der Waals surface area contributed by atoms with Gasteiger partial charge in [-0.15, -0.1) is 0 Å². The predicted molar refractivity (Wildman–Crippen MR) is 95.9 cm³/mol. The Hall–Kier alpha value is -1.68. The van der Waals surface area contributed by atoms with Crippen LogP contribution in [0.3, 0.4) is 0 Å². The van der Waals surface area contributed by atoms with Crippen LogP contribution in [0.1, 0.15) is 72.1 Å². The molecule has 2 aromatic heterocycles. The zero-order chi connectivity index (χ0) is 16.5. The van der Waals surface area contributed by atoms with Gasteiger partial charge in [0.05, 0.1) is 5.69 Å². The van der Waals surface area contributed by atoms with Crippen molar-refractivity contribution in [3.8, 4) is 0 Å². The molecule has 0 saturated heterocycles. The molecule has 4 nitrogen and oxygen atoms in total. The standard InChI is InChI=1S/C20H28N4/c1-14-10-15(2)22-18(14)12-24-9-8-17-11-21-20(23-19(17)13-24)16-6-4-3-5-7-16/h10-11,16,22H,3-9,12-13H2,1-2H3. The number of hydrogen-bond acceptors (Lipinski definition) is 3. The lowest BCUT2D eigenvalue weighted by molar-refractivity contribution is 0.237. The zero-order valence-corrected chi connectivity index (χ0v) is 14.9. The van der Waals surface area contributed by atoms with Crippen molar-refractivity contribution in [3.63, 3.8) is 0 Å². The fourth-order valence-corrected chi connectivity index (χ4v) is 4.24. The van der Waals surface area contributed by atoms with E-state index in [1.165, 1.54) is 60.3 Å². The molecule has 0 atom stereocenters. The van der Waals surface area contributed by atoms with Gasteiger partial charge in [0.2, 0.25) is 0 Å². The summed E-state index contributed by atoms with van der Waals surface area (Å²) in [5.41, 5.74) is 6.58. The summed E-state index contributed by atoms with van der Waals surface area (Å²) in [4.78, 5) is 15.7. The van der Waals surface area contributed by atoms with Gasteiger partial charge in [0.1, 0.15) is 5.82 Å². The van der Waals surface area contributed by atoms with Gasteiger partial charge in [-0.1, -0.05) is 19.3 Å². The summed E-state index contributed by atoms with van der Waals surface area (Å²) in [6.07, 6.45) is 9.76. The molecule has 0 radical (unpaired) electrons. The van der Waals surface area contributed by atoms with E-state index in [1.807, 2.05) is 0 Å². The Morgan fingerprint density at radius 3 is 2.79 bits per heavy atom. The number of rotatable bonds is 3. The third kappa shape index (κ3) is 3.25. The van der Waals surface area contributed by atoms with Gasteiger partial charge < -0.3 is 4.98 Å². The number of aromatic amines is 1. The Morgan fingerprint density at radius 2 is 2.04 bits per heavy atom. The molecular formula is C20H28N4. The van der Waals surface area contributed by atoms with Gasteiger partial charge in [-0.25, -0.2) is 9.97 Å². The second-order valence-electron chi connectivity index (χ2n) is 7.61. The van der Waals surface area contributed by atoms with Crippen LogP contribution in [0.25, 0.3) is 0 Å². The molecular weight excluding hydrogens is 296 g/mol. The highest BCUT2D eigenvalue weighted by molar-refractivity contribution is 5.25. The largest absolute Gasteiger partial charge is 0.361 e. The summed E-state index contributed by atoms with van der Waals surface area (Å²) in [6, 6.07) is 2.23. The lowest BCUT2D eigenvalue weighted by Crippen LogP contribution is -2.31. The Bertz CT molecular complexity index is 712. The van der Waals surface area contributed by atoms with Crippen LogP contribution in [0.4, 0.5) is 0 Å². The second kappa shape index (κ2) is 6.67. The molecule has 2 aliphatic rings. The van der Waals surface area contributed by atoms with Gasteiger partial charge in [-0.3, -0.25) is 4.90 Å². The van der Waals surface area contributed by atoms with Crippen molar-refractivity contribution >= 4 is 0 Å². The summed E-state index contributed by atoms with van der Waals surface area (Å²) in [5.74, 6) is 1.69. The van der Waals surface area contributed by atoms with E-state index >= 15 is 0 Å². The van der Waals surface area contributed by atoms with Crippen LogP contribution in [-0.2, 0) is 19.5 Å². The van der Waals surface area contributed by atoms with Gasteiger partial charge in [0.25, 0.3) is 0 Å². The Morgan fingerprint density at radius 1 is 1.21 bits per heavy atom. The Kier molecular flexibility index (Phi) is 4.40. The molecule has 0 bridgehead atoms. The number of fused-ring (bicyclic) bond motifs is 1. The van der Waals surface area contributed by atoms with Crippen molar-refractivity contribution in [2.45, 2.75) is 71.4 Å². The van der Waals surface area contributed by atoms with Gasteiger partial charge in [-0.2, -0.15) is 0 Å². The molecule has 4 rings (SSSR count). The van der Waals surface area contributed by atoms with E-state index in [-0.39, 0.29) is 0 Å².